The maximum absolute atomic E-state index is 14.4. The van der Waals surface area contributed by atoms with Crippen LogP contribution in [0.3, 0.4) is 0 Å². The van der Waals surface area contributed by atoms with Gasteiger partial charge in [0, 0.05) is 18.5 Å². The van der Waals surface area contributed by atoms with Crippen molar-refractivity contribution < 1.29 is 23.4 Å². The normalized spacial score (nSPS) is 18.4. The van der Waals surface area contributed by atoms with E-state index in [1.807, 2.05) is 12.2 Å². The summed E-state index contributed by atoms with van der Waals surface area (Å²) in [5.41, 5.74) is -0.276. The number of rotatable bonds is 10. The van der Waals surface area contributed by atoms with Crippen LogP contribution < -0.4 is 0 Å². The van der Waals surface area contributed by atoms with Gasteiger partial charge < -0.3 is 9.84 Å². The average Bonchev–Trinajstić information content (AvgIpc) is 3.39. The third-order valence-electron chi connectivity index (χ3n) is 4.69. The molecular weight excluding hydrogens is 396 g/mol. The molecule has 1 aromatic heterocycles. The Bertz CT molecular complexity index is 859. The van der Waals surface area contributed by atoms with E-state index in [1.165, 1.54) is 35.2 Å². The van der Waals surface area contributed by atoms with Gasteiger partial charge in [0.25, 0.3) is 0 Å². The molecule has 2 atom stereocenters. The smallest absolute Gasteiger partial charge is 0.410 e. The quantitative estimate of drug-likeness (QED) is 0.453. The highest BCUT2D eigenvalue weighted by Gasteiger charge is 2.39. The van der Waals surface area contributed by atoms with E-state index < -0.39 is 24.2 Å². The molecule has 8 nitrogen and oxygen atoms in total. The number of aryl methyl sites for hydroxylation is 1. The number of allylic oxidation sites excluding steroid dienone is 1. The lowest BCUT2D eigenvalue weighted by Crippen LogP contribution is -2.33. The van der Waals surface area contributed by atoms with Gasteiger partial charge in [-0.3, -0.25) is 4.90 Å². The molecule has 2 N–H and O–H groups in total. The zero-order valence-electron chi connectivity index (χ0n) is 16.2. The van der Waals surface area contributed by atoms with E-state index in [9.17, 15) is 18.7 Å². The summed E-state index contributed by atoms with van der Waals surface area (Å²) in [5, 5.41) is 23.6. The third-order valence-corrected chi connectivity index (χ3v) is 4.69. The number of aliphatic hydroxyl groups is 1. The topological polar surface area (TPSA) is 104 Å². The molecule has 1 aliphatic rings. The lowest BCUT2D eigenvalue weighted by Gasteiger charge is -2.21. The Labute approximate surface area is 172 Å². The molecule has 160 valence electrons. The summed E-state index contributed by atoms with van der Waals surface area (Å²) in [6.45, 7) is 0.325. The van der Waals surface area contributed by atoms with Crippen LogP contribution in [0.5, 0.6) is 0 Å². The number of carbonyl (C=O) groups excluding carboxylic acids is 1. The van der Waals surface area contributed by atoms with Crippen molar-refractivity contribution in [3.63, 3.8) is 0 Å². The summed E-state index contributed by atoms with van der Waals surface area (Å²) in [6.07, 6.45) is 5.88. The number of aliphatic hydroxyl groups excluding tert-OH is 1. The Morgan fingerprint density at radius 3 is 2.87 bits per heavy atom. The molecule has 2 unspecified atom stereocenters. The van der Waals surface area contributed by atoms with Crippen LogP contribution in [0.15, 0.2) is 54.6 Å². The van der Waals surface area contributed by atoms with Gasteiger partial charge in [0.1, 0.15) is 12.7 Å². The molecule has 3 rings (SSSR count). The molecule has 0 aliphatic carbocycles. The number of aromatic nitrogens is 4. The first kappa shape index (κ1) is 21.6. The summed E-state index contributed by atoms with van der Waals surface area (Å²) in [4.78, 5) is 13.3. The van der Waals surface area contributed by atoms with E-state index in [0.29, 0.717) is 12.2 Å². The molecule has 10 heteroatoms. The molecule has 1 saturated heterocycles. The fraction of sp³-hybridized carbons (Fsp3) is 0.400. The van der Waals surface area contributed by atoms with Gasteiger partial charge in [-0.15, -0.1) is 10.2 Å². The number of nitrogens with one attached hydrogen (secondary N) is 1. The second-order valence-electron chi connectivity index (χ2n) is 6.81. The molecule has 2 heterocycles. The Hall–Kier alpha value is -3.14. The van der Waals surface area contributed by atoms with Gasteiger partial charge in [0.15, 0.2) is 5.82 Å². The number of alkyl halides is 2. The molecular formula is C20H23F2N5O3. The molecule has 0 radical (unpaired) electrons. The zero-order chi connectivity index (χ0) is 21.4. The molecule has 1 amide bonds. The van der Waals surface area contributed by atoms with Crippen molar-refractivity contribution in [2.75, 3.05) is 13.2 Å². The molecule has 1 fully saturated rings. The van der Waals surface area contributed by atoms with Gasteiger partial charge in [0.05, 0.1) is 6.04 Å². The maximum atomic E-state index is 14.4. The van der Waals surface area contributed by atoms with Crippen molar-refractivity contribution in [2.45, 2.75) is 37.3 Å². The first-order chi connectivity index (χ1) is 14.5. The van der Waals surface area contributed by atoms with E-state index >= 15 is 0 Å². The van der Waals surface area contributed by atoms with E-state index in [0.717, 1.165) is 18.9 Å². The number of aromatic amines is 1. The van der Waals surface area contributed by atoms with Gasteiger partial charge in [-0.25, -0.2) is 4.79 Å². The van der Waals surface area contributed by atoms with Crippen molar-refractivity contribution in [1.82, 2.24) is 25.5 Å². The Kier molecular flexibility index (Phi) is 7.23. The van der Waals surface area contributed by atoms with Crippen molar-refractivity contribution >= 4 is 6.09 Å². The Morgan fingerprint density at radius 1 is 1.33 bits per heavy atom. The van der Waals surface area contributed by atoms with Gasteiger partial charge in [-0.1, -0.05) is 59.8 Å². The minimum Gasteiger partial charge on any atom is -0.447 e. The number of hydrogen-bond acceptors (Lipinski definition) is 6. The predicted octanol–water partition coefficient (Wildman–Crippen LogP) is 2.61. The second-order valence-corrected chi connectivity index (χ2v) is 6.81. The van der Waals surface area contributed by atoms with Crippen molar-refractivity contribution in [3.05, 3.63) is 66.0 Å². The van der Waals surface area contributed by atoms with E-state index in [4.69, 9.17) is 4.74 Å². The first-order valence-corrected chi connectivity index (χ1v) is 9.59. The number of carbonyl (C=O) groups is 1. The van der Waals surface area contributed by atoms with Crippen molar-refractivity contribution in [3.8, 4) is 0 Å². The summed E-state index contributed by atoms with van der Waals surface area (Å²) in [5.74, 6) is -2.80. The second kappa shape index (κ2) is 10.1. The van der Waals surface area contributed by atoms with Gasteiger partial charge in [-0.05, 0) is 12.8 Å². The van der Waals surface area contributed by atoms with Crippen LogP contribution in [0.2, 0.25) is 0 Å². The zero-order valence-corrected chi connectivity index (χ0v) is 16.2. The van der Waals surface area contributed by atoms with Gasteiger partial charge in [0.2, 0.25) is 0 Å². The average molecular weight is 419 g/mol. The third kappa shape index (κ3) is 5.47. The lowest BCUT2D eigenvalue weighted by molar-refractivity contribution is -0.0929. The van der Waals surface area contributed by atoms with Crippen LogP contribution in [-0.4, -0.2) is 62.0 Å². The number of cyclic esters (lactones) is 1. The van der Waals surface area contributed by atoms with E-state index in [-0.39, 0.29) is 18.7 Å². The number of hydrogen-bond donors (Lipinski definition) is 2. The fourth-order valence-corrected chi connectivity index (χ4v) is 2.99. The van der Waals surface area contributed by atoms with Crippen LogP contribution in [0.1, 0.15) is 24.2 Å². The van der Waals surface area contributed by atoms with Crippen LogP contribution >= 0.6 is 0 Å². The molecule has 1 aromatic carbocycles. The number of benzene rings is 1. The van der Waals surface area contributed by atoms with E-state index in [2.05, 4.69) is 20.6 Å². The number of nitrogens with zero attached hydrogens (tertiary/aromatic N) is 4. The summed E-state index contributed by atoms with van der Waals surface area (Å²) >= 11 is 0. The largest absolute Gasteiger partial charge is 0.447 e. The van der Waals surface area contributed by atoms with Gasteiger partial charge in [-0.2, -0.15) is 14.0 Å². The minimum absolute atomic E-state index is 0.0463. The number of H-pyrrole nitrogens is 1. The highest BCUT2D eigenvalue weighted by Crippen LogP contribution is 2.32. The van der Waals surface area contributed by atoms with Crippen LogP contribution in [0.4, 0.5) is 13.6 Å². The number of halogens is 2. The number of tetrazole rings is 1. The van der Waals surface area contributed by atoms with Crippen LogP contribution in [-0.2, 0) is 17.1 Å². The highest BCUT2D eigenvalue weighted by molar-refractivity contribution is 5.70. The SMILES string of the molecule is O=C1OCC(/C=C/C(O)C(F)(F)c2ccccc2)N1C/C=C\CCCc1nn[nH]n1. The summed E-state index contributed by atoms with van der Waals surface area (Å²) in [6, 6.07) is 6.59. The highest BCUT2D eigenvalue weighted by atomic mass is 19.3. The number of ether oxygens (including phenoxy) is 1. The molecule has 30 heavy (non-hydrogen) atoms. The monoisotopic (exact) mass is 419 g/mol. The Morgan fingerprint density at radius 2 is 2.13 bits per heavy atom. The van der Waals surface area contributed by atoms with Gasteiger partial charge >= 0.3 is 12.0 Å². The van der Waals surface area contributed by atoms with Crippen LogP contribution in [0, 0.1) is 0 Å². The molecule has 0 bridgehead atoms. The Balaban J connectivity index is 1.50. The first-order valence-electron chi connectivity index (χ1n) is 9.59. The number of amides is 1. The maximum Gasteiger partial charge on any atom is 0.410 e. The standard InChI is InChI=1S/C20H23F2N5O3/c21-20(22,15-8-4-3-5-9-15)17(28)12-11-16-14-30-19(29)27(16)13-7-2-1-6-10-18-23-25-26-24-18/h2-5,7-9,11-12,16-17,28H,1,6,10,13-14H2,(H,23,24,25,26)/b7-2-,12-11+. The van der Waals surface area contributed by atoms with E-state index in [1.54, 1.807) is 6.07 Å². The fourth-order valence-electron chi connectivity index (χ4n) is 2.99. The lowest BCUT2D eigenvalue weighted by atomic mass is 10.0. The van der Waals surface area contributed by atoms with Crippen molar-refractivity contribution in [1.29, 1.82) is 0 Å². The molecule has 2 aromatic rings. The summed E-state index contributed by atoms with van der Waals surface area (Å²) < 4.78 is 33.8. The molecule has 0 saturated carbocycles. The van der Waals surface area contributed by atoms with Crippen molar-refractivity contribution in [2.24, 2.45) is 0 Å². The molecule has 1 aliphatic heterocycles. The predicted molar refractivity (Wildman–Crippen MR) is 104 cm³/mol. The molecule has 0 spiro atoms. The summed E-state index contributed by atoms with van der Waals surface area (Å²) in [7, 11) is 0. The van der Waals surface area contributed by atoms with Crippen LogP contribution in [0.25, 0.3) is 0 Å². The number of unbranched alkanes of at least 4 members (excludes halogenated alkanes) is 1. The minimum atomic E-state index is -3.44.